The van der Waals surface area contributed by atoms with E-state index in [1.807, 2.05) is 35.2 Å². The fourth-order valence-corrected chi connectivity index (χ4v) is 4.88. The van der Waals surface area contributed by atoms with E-state index in [0.29, 0.717) is 36.2 Å². The number of likely N-dealkylation sites (tertiary alicyclic amines) is 1. The maximum Gasteiger partial charge on any atom is 0.321 e. The lowest BCUT2D eigenvalue weighted by Crippen LogP contribution is -2.40. The molecule has 3 aromatic rings. The molecule has 0 radical (unpaired) electrons. The van der Waals surface area contributed by atoms with E-state index in [0.717, 1.165) is 34.2 Å². The first-order chi connectivity index (χ1) is 15.2. The van der Waals surface area contributed by atoms with Crippen LogP contribution in [0.25, 0.3) is 10.6 Å². The number of urea groups is 1. The molecule has 0 aliphatic carbocycles. The molecule has 0 atom stereocenters. The van der Waals surface area contributed by atoms with E-state index in [4.69, 9.17) is 14.2 Å². The zero-order valence-electron chi connectivity index (χ0n) is 17.0. The summed E-state index contributed by atoms with van der Waals surface area (Å²) in [5, 5.41) is 13.6. The number of piperidine rings is 1. The molecule has 5 rings (SSSR count). The van der Waals surface area contributed by atoms with E-state index in [1.54, 1.807) is 30.6 Å². The number of methoxy groups -OCH3 is 1. The van der Waals surface area contributed by atoms with Gasteiger partial charge in [0.25, 0.3) is 0 Å². The minimum Gasteiger partial charge on any atom is -0.496 e. The number of ether oxygens (including phenoxy) is 3. The van der Waals surface area contributed by atoms with Gasteiger partial charge in [-0.1, -0.05) is 23.5 Å². The van der Waals surface area contributed by atoms with Gasteiger partial charge in [0.15, 0.2) is 16.5 Å². The molecular formula is C22H22N4O4S. The first-order valence-corrected chi connectivity index (χ1v) is 11.0. The molecule has 9 heteroatoms. The first-order valence-electron chi connectivity index (χ1n) is 10.1. The normalized spacial score (nSPS) is 15.7. The summed E-state index contributed by atoms with van der Waals surface area (Å²) in [6, 6.07) is 13.1. The Labute approximate surface area is 183 Å². The molecule has 2 amide bonds. The summed E-state index contributed by atoms with van der Waals surface area (Å²) in [6.45, 7) is 1.56. The third-order valence-corrected chi connectivity index (χ3v) is 6.65. The molecule has 2 aromatic carbocycles. The molecule has 1 saturated heterocycles. The molecule has 1 aromatic heterocycles. The predicted octanol–water partition coefficient (Wildman–Crippen LogP) is 4.35. The molecule has 8 nitrogen and oxygen atoms in total. The van der Waals surface area contributed by atoms with E-state index in [2.05, 4.69) is 15.5 Å². The Balaban J connectivity index is 1.20. The summed E-state index contributed by atoms with van der Waals surface area (Å²) in [6.07, 6.45) is 1.71. The van der Waals surface area contributed by atoms with Gasteiger partial charge < -0.3 is 24.4 Å². The number of nitrogens with one attached hydrogen (secondary N) is 1. The standard InChI is InChI=1S/C22H22N4O4S/c1-28-17-5-3-2-4-16(17)21-25-24-20(31-21)14-8-10-26(11-9-14)22(27)23-15-6-7-18-19(12-15)30-13-29-18/h2-7,12,14H,8-11,13H2,1H3,(H,23,27). The van der Waals surface area contributed by atoms with Gasteiger partial charge in [-0.2, -0.15) is 0 Å². The van der Waals surface area contributed by atoms with Crippen LogP contribution >= 0.6 is 11.3 Å². The Morgan fingerprint density at radius 2 is 1.94 bits per heavy atom. The molecule has 1 fully saturated rings. The monoisotopic (exact) mass is 438 g/mol. The van der Waals surface area contributed by atoms with Crippen molar-refractivity contribution in [2.75, 3.05) is 32.3 Å². The van der Waals surface area contributed by atoms with Crippen molar-refractivity contribution in [3.8, 4) is 27.8 Å². The number of para-hydroxylation sites is 1. The van der Waals surface area contributed by atoms with Crippen LogP contribution < -0.4 is 19.5 Å². The number of amides is 2. The van der Waals surface area contributed by atoms with E-state index in [9.17, 15) is 4.79 Å². The fourth-order valence-electron chi connectivity index (χ4n) is 3.84. The van der Waals surface area contributed by atoms with Crippen molar-refractivity contribution >= 4 is 23.1 Å². The van der Waals surface area contributed by atoms with Gasteiger partial charge in [-0.3, -0.25) is 0 Å². The molecule has 0 saturated carbocycles. The average molecular weight is 439 g/mol. The number of benzene rings is 2. The molecule has 0 unspecified atom stereocenters. The van der Waals surface area contributed by atoms with Gasteiger partial charge in [0.2, 0.25) is 6.79 Å². The SMILES string of the molecule is COc1ccccc1-c1nnc(C2CCN(C(=O)Nc3ccc4c(c3)OCO4)CC2)s1. The highest BCUT2D eigenvalue weighted by atomic mass is 32.1. The smallest absolute Gasteiger partial charge is 0.321 e. The highest BCUT2D eigenvalue weighted by Gasteiger charge is 2.27. The number of nitrogens with zero attached hydrogens (tertiary/aromatic N) is 3. The van der Waals surface area contributed by atoms with Crippen LogP contribution in [0.4, 0.5) is 10.5 Å². The van der Waals surface area contributed by atoms with Crippen LogP contribution in [0.1, 0.15) is 23.8 Å². The highest BCUT2D eigenvalue weighted by molar-refractivity contribution is 7.14. The molecular weight excluding hydrogens is 416 g/mol. The van der Waals surface area contributed by atoms with Gasteiger partial charge in [-0.15, -0.1) is 10.2 Å². The summed E-state index contributed by atoms with van der Waals surface area (Å²) >= 11 is 1.60. The molecule has 0 bridgehead atoms. The van der Waals surface area contributed by atoms with Gasteiger partial charge in [0.1, 0.15) is 10.8 Å². The Morgan fingerprint density at radius 1 is 1.13 bits per heavy atom. The van der Waals surface area contributed by atoms with Crippen LogP contribution in [0.2, 0.25) is 0 Å². The molecule has 3 heterocycles. The van der Waals surface area contributed by atoms with Crippen molar-refractivity contribution in [1.29, 1.82) is 0 Å². The van der Waals surface area contributed by atoms with Gasteiger partial charge in [0.05, 0.1) is 12.7 Å². The van der Waals surface area contributed by atoms with Gasteiger partial charge in [-0.25, -0.2) is 4.79 Å². The zero-order valence-corrected chi connectivity index (χ0v) is 17.9. The summed E-state index contributed by atoms with van der Waals surface area (Å²) in [5.74, 6) is 2.44. The summed E-state index contributed by atoms with van der Waals surface area (Å²) in [7, 11) is 1.66. The van der Waals surface area contributed by atoms with Gasteiger partial charge >= 0.3 is 6.03 Å². The van der Waals surface area contributed by atoms with Crippen molar-refractivity contribution in [3.63, 3.8) is 0 Å². The topological polar surface area (TPSA) is 85.8 Å². The second kappa shape index (κ2) is 8.43. The maximum atomic E-state index is 12.7. The molecule has 1 N–H and O–H groups in total. The van der Waals surface area contributed by atoms with E-state index in [-0.39, 0.29) is 12.8 Å². The minimum atomic E-state index is -0.107. The Bertz CT molecular complexity index is 1090. The number of carbonyl (C=O) groups excluding carboxylic acids is 1. The second-order valence-corrected chi connectivity index (χ2v) is 8.41. The minimum absolute atomic E-state index is 0.107. The van der Waals surface area contributed by atoms with Crippen molar-refractivity contribution in [3.05, 3.63) is 47.5 Å². The van der Waals surface area contributed by atoms with E-state index >= 15 is 0 Å². The van der Waals surface area contributed by atoms with Crippen molar-refractivity contribution in [2.24, 2.45) is 0 Å². The molecule has 0 spiro atoms. The van der Waals surface area contributed by atoms with Gasteiger partial charge in [0, 0.05) is 30.8 Å². The first kappa shape index (κ1) is 19.6. The largest absolute Gasteiger partial charge is 0.496 e. The van der Waals surface area contributed by atoms with Crippen LogP contribution in [0, 0.1) is 0 Å². The van der Waals surface area contributed by atoms with Crippen LogP contribution in [-0.4, -0.2) is 48.1 Å². The lowest BCUT2D eigenvalue weighted by atomic mass is 9.98. The van der Waals surface area contributed by atoms with Crippen molar-refractivity contribution in [1.82, 2.24) is 15.1 Å². The number of carbonyl (C=O) groups is 1. The number of rotatable bonds is 4. The van der Waals surface area contributed by atoms with Crippen LogP contribution in [0.15, 0.2) is 42.5 Å². The summed E-state index contributed by atoms with van der Waals surface area (Å²) in [4.78, 5) is 14.5. The van der Waals surface area contributed by atoms with Crippen molar-refractivity contribution in [2.45, 2.75) is 18.8 Å². The zero-order chi connectivity index (χ0) is 21.2. The lowest BCUT2D eigenvalue weighted by molar-refractivity contribution is 0.174. The third-order valence-electron chi connectivity index (χ3n) is 5.53. The molecule has 2 aliphatic rings. The van der Waals surface area contributed by atoms with Crippen molar-refractivity contribution < 1.29 is 19.0 Å². The Hall–Kier alpha value is -3.33. The van der Waals surface area contributed by atoms with E-state index in [1.165, 1.54) is 0 Å². The molecule has 2 aliphatic heterocycles. The second-order valence-electron chi connectivity index (χ2n) is 7.41. The predicted molar refractivity (Wildman–Crippen MR) is 117 cm³/mol. The van der Waals surface area contributed by atoms with Crippen LogP contribution in [0.3, 0.4) is 0 Å². The summed E-state index contributed by atoms with van der Waals surface area (Å²) in [5.41, 5.74) is 1.65. The number of anilines is 1. The summed E-state index contributed by atoms with van der Waals surface area (Å²) < 4.78 is 16.1. The lowest BCUT2D eigenvalue weighted by Gasteiger charge is -2.31. The Morgan fingerprint density at radius 3 is 2.77 bits per heavy atom. The average Bonchev–Trinajstić information content (AvgIpc) is 3.48. The van der Waals surface area contributed by atoms with Gasteiger partial charge in [-0.05, 0) is 37.1 Å². The van der Waals surface area contributed by atoms with Crippen LogP contribution in [-0.2, 0) is 0 Å². The Kier molecular flexibility index (Phi) is 5.33. The fraction of sp³-hybridized carbons (Fsp3) is 0.318. The quantitative estimate of drug-likeness (QED) is 0.652. The highest BCUT2D eigenvalue weighted by Crippen LogP contribution is 2.37. The van der Waals surface area contributed by atoms with Crippen LogP contribution in [0.5, 0.6) is 17.2 Å². The number of fused-ring (bicyclic) bond motifs is 1. The third kappa shape index (κ3) is 4.00. The molecule has 31 heavy (non-hydrogen) atoms. The number of aromatic nitrogens is 2. The van der Waals surface area contributed by atoms with E-state index < -0.39 is 0 Å². The maximum absolute atomic E-state index is 12.7. The number of hydrogen-bond acceptors (Lipinski definition) is 7. The molecule has 160 valence electrons. The number of hydrogen-bond donors (Lipinski definition) is 1.